The van der Waals surface area contributed by atoms with Crippen LogP contribution in [0.4, 0.5) is 9.59 Å². The average Bonchev–Trinajstić information content (AvgIpc) is 3.97. The molecular formula is C39H48N8O6. The van der Waals surface area contributed by atoms with Crippen molar-refractivity contribution in [1.29, 1.82) is 0 Å². The number of rotatable bonds is 9. The van der Waals surface area contributed by atoms with Gasteiger partial charge in [0, 0.05) is 20.1 Å². The largest absolute Gasteiger partial charge is 0.465 e. The number of nitrogens with one attached hydrogen (secondary N) is 3. The topological polar surface area (TPSA) is 177 Å². The number of amides is 4. The Morgan fingerprint density at radius 1 is 0.811 bits per heavy atom. The second-order valence-electron chi connectivity index (χ2n) is 14.9. The maximum Gasteiger partial charge on any atom is 0.407 e. The molecule has 4 heterocycles. The van der Waals surface area contributed by atoms with E-state index in [0.29, 0.717) is 24.7 Å². The van der Waals surface area contributed by atoms with E-state index in [1.807, 2.05) is 45.0 Å². The van der Waals surface area contributed by atoms with E-state index >= 15 is 0 Å². The molecule has 2 aromatic heterocycles. The molecule has 4 N–H and O–H groups in total. The van der Waals surface area contributed by atoms with Gasteiger partial charge in [0.15, 0.2) is 0 Å². The molecule has 2 aliphatic heterocycles. The van der Waals surface area contributed by atoms with Crippen LogP contribution in [0.1, 0.15) is 77.1 Å². The summed E-state index contributed by atoms with van der Waals surface area (Å²) in [5.41, 5.74) is 5.12. The smallest absolute Gasteiger partial charge is 0.407 e. The van der Waals surface area contributed by atoms with E-state index in [4.69, 9.17) is 0 Å². The Morgan fingerprint density at radius 2 is 1.25 bits per heavy atom. The average molecular weight is 725 g/mol. The lowest BCUT2D eigenvalue weighted by molar-refractivity contribution is -0.140. The molecule has 14 heteroatoms. The summed E-state index contributed by atoms with van der Waals surface area (Å²) in [7, 11) is 2.72. The number of carbonyl (C=O) groups is 4. The number of hydrogen-bond acceptors (Lipinski definition) is 7. The summed E-state index contributed by atoms with van der Waals surface area (Å²) < 4.78 is 4.64. The van der Waals surface area contributed by atoms with E-state index in [-0.39, 0.29) is 23.9 Å². The van der Waals surface area contributed by atoms with E-state index in [1.165, 1.54) is 14.2 Å². The number of H-pyrrole nitrogens is 2. The van der Waals surface area contributed by atoms with Crippen LogP contribution in [0.3, 0.4) is 0 Å². The van der Waals surface area contributed by atoms with Crippen molar-refractivity contribution in [2.45, 2.75) is 77.5 Å². The molecule has 4 amide bonds. The third kappa shape index (κ3) is 7.76. The number of likely N-dealkylation sites (tertiary alicyclic amines) is 2. The van der Waals surface area contributed by atoms with E-state index in [2.05, 4.69) is 54.3 Å². The molecule has 2 aromatic carbocycles. The summed E-state index contributed by atoms with van der Waals surface area (Å²) >= 11 is 0. The zero-order chi connectivity index (χ0) is 38.0. The number of aromatic amines is 2. The molecule has 1 unspecified atom stereocenters. The quantitative estimate of drug-likeness (QED) is 0.157. The summed E-state index contributed by atoms with van der Waals surface area (Å²) in [4.78, 5) is 71.1. The van der Waals surface area contributed by atoms with Gasteiger partial charge in [-0.1, -0.05) is 69.3 Å². The summed E-state index contributed by atoms with van der Waals surface area (Å²) in [6.45, 7) is 8.43. The van der Waals surface area contributed by atoms with Crippen molar-refractivity contribution >= 4 is 24.0 Å². The molecule has 2 aliphatic rings. The fraction of sp³-hybridized carbons (Fsp3) is 0.436. The minimum atomic E-state index is -1.13. The van der Waals surface area contributed by atoms with Crippen molar-refractivity contribution in [1.82, 2.24) is 40.0 Å². The first-order valence-corrected chi connectivity index (χ1v) is 18.0. The van der Waals surface area contributed by atoms with Gasteiger partial charge in [-0.2, -0.15) is 0 Å². The lowest BCUT2D eigenvalue weighted by atomic mass is 9.84. The van der Waals surface area contributed by atoms with Crippen LogP contribution < -0.4 is 5.32 Å². The van der Waals surface area contributed by atoms with Gasteiger partial charge in [-0.05, 0) is 60.3 Å². The molecule has 2 saturated heterocycles. The molecule has 280 valence electrons. The van der Waals surface area contributed by atoms with Crippen LogP contribution in [0.15, 0.2) is 60.9 Å². The number of ether oxygens (including phenoxy) is 1. The van der Waals surface area contributed by atoms with E-state index < -0.39 is 29.7 Å². The summed E-state index contributed by atoms with van der Waals surface area (Å²) in [5.74, 6) is 1.02. The number of hydrogen-bond donors (Lipinski definition) is 4. The van der Waals surface area contributed by atoms with Crippen LogP contribution in [-0.2, 0) is 14.3 Å². The first-order chi connectivity index (χ1) is 25.3. The predicted octanol–water partition coefficient (Wildman–Crippen LogP) is 6.23. The van der Waals surface area contributed by atoms with Crippen LogP contribution in [0, 0.1) is 5.41 Å². The Bertz CT molecular complexity index is 1950. The van der Waals surface area contributed by atoms with Crippen molar-refractivity contribution < 1.29 is 29.0 Å². The van der Waals surface area contributed by atoms with Gasteiger partial charge in [0.05, 0.1) is 43.0 Å². The highest BCUT2D eigenvalue weighted by Gasteiger charge is 2.43. The molecular weight excluding hydrogens is 676 g/mol. The number of benzene rings is 2. The molecule has 0 spiro atoms. The maximum atomic E-state index is 13.8. The zero-order valence-corrected chi connectivity index (χ0v) is 31.1. The molecule has 4 aromatic rings. The number of carbonyl (C=O) groups excluding carboxylic acids is 3. The number of methoxy groups -OCH3 is 1. The van der Waals surface area contributed by atoms with Gasteiger partial charge in [-0.25, -0.2) is 19.6 Å². The molecule has 0 aliphatic carbocycles. The van der Waals surface area contributed by atoms with Gasteiger partial charge >= 0.3 is 12.2 Å². The lowest BCUT2D eigenvalue weighted by Gasteiger charge is -2.38. The van der Waals surface area contributed by atoms with Gasteiger partial charge in [-0.3, -0.25) is 14.5 Å². The molecule has 0 bridgehead atoms. The zero-order valence-electron chi connectivity index (χ0n) is 31.1. The predicted molar refractivity (Wildman–Crippen MR) is 198 cm³/mol. The number of alkyl carbamates (subject to hydrolysis) is 1. The third-order valence-corrected chi connectivity index (χ3v) is 10.3. The maximum absolute atomic E-state index is 13.8. The Hall–Kier alpha value is -5.66. The van der Waals surface area contributed by atoms with Crippen LogP contribution in [-0.4, -0.2) is 103 Å². The highest BCUT2D eigenvalue weighted by atomic mass is 16.5. The number of nitrogens with zero attached hydrogens (tertiary/aromatic N) is 5. The SMILES string of the molecule is COC(=O)N[C@@H](C)C(=O)N1CCCC1c1ncc(-c2ccc(-c3ccc(-c4cnc([C@@H]5CCCN5C(=O)[C@@H](N(C)C(=O)O)C(C)(C)C)[nH]4)cc3)cc2)[nH]1. The Kier molecular flexibility index (Phi) is 10.6. The third-order valence-electron chi connectivity index (χ3n) is 10.3. The second kappa shape index (κ2) is 15.1. The van der Waals surface area contributed by atoms with Gasteiger partial charge in [0.1, 0.15) is 23.7 Å². The van der Waals surface area contributed by atoms with Crippen molar-refractivity contribution in [3.05, 3.63) is 72.6 Å². The lowest BCUT2D eigenvalue weighted by Crippen LogP contribution is -2.54. The van der Waals surface area contributed by atoms with Gasteiger partial charge in [0.25, 0.3) is 0 Å². The molecule has 53 heavy (non-hydrogen) atoms. The van der Waals surface area contributed by atoms with Gasteiger partial charge in [0.2, 0.25) is 11.8 Å². The van der Waals surface area contributed by atoms with Crippen molar-refractivity contribution in [3.63, 3.8) is 0 Å². The minimum absolute atomic E-state index is 0.177. The Morgan fingerprint density at radius 3 is 1.66 bits per heavy atom. The highest BCUT2D eigenvalue weighted by molar-refractivity contribution is 5.87. The van der Waals surface area contributed by atoms with E-state index in [1.54, 1.807) is 29.1 Å². The van der Waals surface area contributed by atoms with Crippen LogP contribution in [0.5, 0.6) is 0 Å². The molecule has 4 atom stereocenters. The number of likely N-dealkylation sites (N-methyl/N-ethyl adjacent to an activating group) is 1. The first kappa shape index (κ1) is 37.1. The van der Waals surface area contributed by atoms with Crippen LogP contribution >= 0.6 is 0 Å². The van der Waals surface area contributed by atoms with Gasteiger partial charge < -0.3 is 34.9 Å². The highest BCUT2D eigenvalue weighted by Crippen LogP contribution is 2.36. The first-order valence-electron chi connectivity index (χ1n) is 18.0. The van der Waals surface area contributed by atoms with Crippen molar-refractivity contribution in [3.8, 4) is 33.6 Å². The standard InChI is InChI=1S/C39H48N8O6/c1-23(42-37(50)53-6)35(48)46-19-7-9-30(46)33-40-21-28(43-33)26-15-11-24(12-16-26)25-13-17-27(18-14-25)29-22-41-34(44-29)31-10-8-20-47(31)36(49)32(39(2,3)4)45(5)38(51)52/h11-18,21-23,30-32H,7-10,19-20H2,1-6H3,(H,40,43)(H,41,44)(H,42,50)(H,51,52)/t23-,30?,31-,32+/m0/s1. The molecule has 6 rings (SSSR count). The minimum Gasteiger partial charge on any atom is -0.465 e. The molecule has 0 saturated carbocycles. The van der Waals surface area contributed by atoms with Crippen molar-refractivity contribution in [2.24, 2.45) is 5.41 Å². The fourth-order valence-corrected chi connectivity index (χ4v) is 7.55. The molecule has 2 fully saturated rings. The Balaban J connectivity index is 1.11. The number of imidazole rings is 2. The van der Waals surface area contributed by atoms with E-state index in [0.717, 1.165) is 64.2 Å². The number of carboxylic acid groups (broad SMARTS) is 1. The Labute approximate surface area is 308 Å². The van der Waals surface area contributed by atoms with Crippen molar-refractivity contribution in [2.75, 3.05) is 27.2 Å². The van der Waals surface area contributed by atoms with E-state index in [9.17, 15) is 24.3 Å². The summed E-state index contributed by atoms with van der Waals surface area (Å²) in [6, 6.07) is 14.4. The molecule has 14 nitrogen and oxygen atoms in total. The monoisotopic (exact) mass is 724 g/mol. The summed E-state index contributed by atoms with van der Waals surface area (Å²) in [5, 5.41) is 12.2. The number of aromatic nitrogens is 4. The molecule has 0 radical (unpaired) electrons. The fourth-order valence-electron chi connectivity index (χ4n) is 7.55. The van der Waals surface area contributed by atoms with Gasteiger partial charge in [-0.15, -0.1) is 0 Å². The second-order valence-corrected chi connectivity index (χ2v) is 14.9. The normalized spacial score (nSPS) is 18.5. The summed E-state index contributed by atoms with van der Waals surface area (Å²) in [6.07, 6.45) is 4.97. The van der Waals surface area contributed by atoms with Crippen LogP contribution in [0.25, 0.3) is 33.6 Å². The van der Waals surface area contributed by atoms with Crippen LogP contribution in [0.2, 0.25) is 0 Å².